The van der Waals surface area contributed by atoms with Gasteiger partial charge in [0, 0.05) is 85.2 Å². The van der Waals surface area contributed by atoms with Crippen LogP contribution in [0, 0.1) is 134 Å². The monoisotopic (exact) mass is 1980 g/mol. The fourth-order valence-electron chi connectivity index (χ4n) is 32.2. The first-order chi connectivity index (χ1) is 64.0. The second-order valence-electron chi connectivity index (χ2n) is 46.9. The number of benzene rings is 1. The maximum atomic E-state index is 13.6. The van der Waals surface area contributed by atoms with E-state index in [4.69, 9.17) is 4.98 Å². The number of thiazole rings is 3. The summed E-state index contributed by atoms with van der Waals surface area (Å²) in [5, 5.41) is 95.7. The third kappa shape index (κ3) is 16.6. The van der Waals surface area contributed by atoms with Crippen LogP contribution in [0.25, 0.3) is 10.2 Å². The quantitative estimate of drug-likeness (QED) is 0.0425. The maximum absolute atomic E-state index is 13.6. The van der Waals surface area contributed by atoms with Crippen LogP contribution in [0.1, 0.15) is 260 Å². The highest BCUT2D eigenvalue weighted by molar-refractivity contribution is 8.02. The van der Waals surface area contributed by atoms with E-state index in [1.807, 2.05) is 102 Å². The molecule has 8 N–H and O–H groups in total. The topological polar surface area (TPSA) is 350 Å². The summed E-state index contributed by atoms with van der Waals surface area (Å²) in [5.74, 6) is 3.19. The first-order valence-corrected chi connectivity index (χ1v) is 56.6. The first kappa shape index (κ1) is 101. The molecule has 16 aliphatic carbocycles. The normalized spacial score (nSPS) is 42.0. The molecule has 5 aromatic rings. The number of aliphatic hydroxyl groups is 8. The Morgan fingerprint density at radius 2 is 0.846 bits per heavy atom. The number of carbonyl (C=O) groups excluding carboxylic acids is 8. The minimum absolute atomic E-state index is 0.0167. The van der Waals surface area contributed by atoms with Gasteiger partial charge < -0.3 is 40.9 Å². The molecule has 1 aromatic carbocycles. The van der Waals surface area contributed by atoms with E-state index in [9.17, 15) is 79.2 Å². The fourth-order valence-corrected chi connectivity index (χ4v) is 39.2. The Labute approximate surface area is 830 Å². The fraction of sp³-hybridized carbons (Fsp3) is 0.670. The van der Waals surface area contributed by atoms with Gasteiger partial charge in [0.25, 0.3) is 0 Å². The number of aryl methyl sites for hydroxylation is 2. The van der Waals surface area contributed by atoms with Crippen LogP contribution in [0.3, 0.4) is 0 Å². The van der Waals surface area contributed by atoms with Crippen LogP contribution in [0.2, 0.25) is 0 Å². The van der Waals surface area contributed by atoms with Gasteiger partial charge in [0.05, 0.1) is 69.0 Å². The highest BCUT2D eigenvalue weighted by Gasteiger charge is 2.74. The van der Waals surface area contributed by atoms with Crippen molar-refractivity contribution in [3.05, 3.63) is 129 Å². The van der Waals surface area contributed by atoms with E-state index in [0.29, 0.717) is 70.6 Å². The van der Waals surface area contributed by atoms with E-state index in [1.54, 1.807) is 58.6 Å². The van der Waals surface area contributed by atoms with Crippen LogP contribution in [0.15, 0.2) is 131 Å². The Hall–Kier alpha value is -5.34. The molecule has 0 radical (unpaired) electrons. The zero-order chi connectivity index (χ0) is 97.3. The molecule has 16 aliphatic rings. The third-order valence-corrected chi connectivity index (χ3v) is 46.9. The highest BCUT2D eigenvalue weighted by Crippen LogP contribution is 2.74. The molecular formula is C109H140N4O16S7. The van der Waals surface area contributed by atoms with Gasteiger partial charge in [-0.1, -0.05) is 159 Å². The van der Waals surface area contributed by atoms with E-state index in [1.165, 1.54) is 63.8 Å². The van der Waals surface area contributed by atoms with Crippen LogP contribution in [-0.2, 0) is 43.8 Å². The summed E-state index contributed by atoms with van der Waals surface area (Å²) in [7, 11) is 0. The lowest BCUT2D eigenvalue weighted by molar-refractivity contribution is -0.179. The molecule has 136 heavy (non-hydrogen) atoms. The number of nitrogens with zero attached hydrogens (tertiary/aromatic N) is 4. The van der Waals surface area contributed by atoms with Gasteiger partial charge >= 0.3 is 0 Å². The van der Waals surface area contributed by atoms with Crippen molar-refractivity contribution < 1.29 is 79.2 Å². The number of rotatable bonds is 16. The summed E-state index contributed by atoms with van der Waals surface area (Å²) in [4.78, 5) is 122. The van der Waals surface area contributed by atoms with Crippen LogP contribution in [0.4, 0.5) is 0 Å². The van der Waals surface area contributed by atoms with Gasteiger partial charge in [0.1, 0.15) is 22.4 Å². The zero-order valence-electron chi connectivity index (χ0n) is 81.5. The number of hydrogen-bond donors (Lipinski definition) is 8. The van der Waals surface area contributed by atoms with E-state index < -0.39 is 68.5 Å². The number of fused-ring (bicyclic) bond motifs is 21. The number of para-hydroxylation sites is 1. The molecule has 734 valence electrons. The molecule has 0 spiro atoms. The summed E-state index contributed by atoms with van der Waals surface area (Å²) in [6.07, 6.45) is 29.1. The highest BCUT2D eigenvalue weighted by atomic mass is 32.2. The lowest BCUT2D eigenvalue weighted by atomic mass is 9.45. The molecular weight excluding hydrogens is 1850 g/mol. The van der Waals surface area contributed by atoms with Gasteiger partial charge in [-0.25, -0.2) is 15.0 Å². The maximum Gasteiger partial charge on any atom is 0.178 e. The van der Waals surface area contributed by atoms with Gasteiger partial charge in [0.2, 0.25) is 0 Å². The molecule has 0 aliphatic heterocycles. The SMILES string of the molecule is CC(C)(C)c1csc(SCC(=O)[C@@]2(O)CCC3C4CCC5=CC(=O)CCC5(C)C4[C@@H](O)CC32C)n1.CC12CCC(=O)C=C1CCC1C2[C@@H](O)CC2(C)C1CC[C@]2(O)C(=O)CSc1ccncc1.C[C@H]1CC2C([C@@H](O)CC3(C)C2CC[C@]3(O)C(=O)CSc2nc3ccccc3s2)C2(C)C=CC(=O)C=C12.Cc1nc(SCC(=O)[C@@]2(O)CCC3C4CCC5=CC(=O)CCC5(C)C4[C@@H](O)CC32C)sc1C. The Morgan fingerprint density at radius 3 is 1.24 bits per heavy atom. The number of carbonyl (C=O) groups is 8. The van der Waals surface area contributed by atoms with E-state index >= 15 is 0 Å². The Bertz CT molecular complexity index is 5700. The standard InChI is InChI=1S/C29H33NO4S2.C28H39NO4S2.C26H35NO4S2.C26H33NO4S/c1-16-12-18-19-9-11-29(34,24(33)15-35-26-30-21-6-4-5-7-23(21)36-26)28(19,3)14-22(32)25(18)27(2)10-8-17(31)13-20(16)27;1-25(2,3)21-14-34-24(29-21)35-15-22(32)28(33)11-9-19-18-7-6-16-12-17(30)8-10-26(16,4)23(18)20(31)13-27(19,28)5;1-14-15(2)33-23(27-14)32-13-21(30)26(31)10-8-19-18-6-5-16-11-17(28)7-9-24(16,3)22(18)20(29)12-25(19,26)4;1-24-9-5-17(28)13-16(24)3-4-19-20-6-10-26(31,25(20,2)14-21(29)23(19)24)22(30)15-32-18-7-11-27-12-8-18/h4-8,10,13,16,18-19,22,25,32,34H,9,11-12,14-15H2,1-3H3;12,14,18-20,23,31,33H,6-11,13,15H2,1-5H3;11,18-20,22,29,31H,5-10,12-13H2,1-4H3;7-8,11-13,19-21,23,29,31H,3-6,9-10,14-15H2,1-2H3/t16-,18?,19?,22-,25?,27?,28?,29-;18?,19?,20-,23?,26?,27?,28-;18?,19?,20-,22?,24?,25?,26-;19?,20?,21-,23?,24?,25?,26-/m0000/s1. The molecule has 4 heterocycles. The molecule has 12 saturated carbocycles. The summed E-state index contributed by atoms with van der Waals surface area (Å²) in [5.41, 5.74) is -1.41. The molecule has 21 rings (SSSR count). The Balaban J connectivity index is 0.000000121. The molecule has 20 nitrogen and oxygen atoms in total. The average molecular weight is 1990 g/mol. The third-order valence-electron chi connectivity index (χ3n) is 39.5. The Morgan fingerprint density at radius 1 is 0.456 bits per heavy atom. The predicted molar refractivity (Wildman–Crippen MR) is 536 cm³/mol. The van der Waals surface area contributed by atoms with Gasteiger partial charge in [0.15, 0.2) is 59.3 Å². The van der Waals surface area contributed by atoms with Crippen molar-refractivity contribution in [3.63, 3.8) is 0 Å². The lowest BCUT2D eigenvalue weighted by Crippen LogP contribution is -2.62. The number of allylic oxidation sites excluding steroid dienone is 7. The zero-order valence-corrected chi connectivity index (χ0v) is 87.2. The summed E-state index contributed by atoms with van der Waals surface area (Å²) in [6, 6.07) is 11.7. The number of aliphatic hydroxyl groups excluding tert-OH is 4. The largest absolute Gasteiger partial charge is 0.393 e. The smallest absolute Gasteiger partial charge is 0.178 e. The van der Waals surface area contributed by atoms with Crippen molar-refractivity contribution in [2.75, 3.05) is 23.0 Å². The van der Waals surface area contributed by atoms with Crippen molar-refractivity contribution >= 4 is 138 Å². The molecule has 29 atom stereocenters. The molecule has 20 unspecified atom stereocenters. The molecule has 0 bridgehead atoms. The lowest BCUT2D eigenvalue weighted by Gasteiger charge is -2.60. The van der Waals surface area contributed by atoms with Crippen LogP contribution < -0.4 is 0 Å². The Kier molecular flexibility index (Phi) is 27.2. The first-order valence-electron chi connectivity index (χ1n) is 50.1. The van der Waals surface area contributed by atoms with E-state index in [-0.39, 0.29) is 173 Å². The minimum atomic E-state index is -1.45. The number of ketones is 8. The number of aromatic nitrogens is 4. The van der Waals surface area contributed by atoms with Crippen molar-refractivity contribution in [2.45, 2.75) is 328 Å². The predicted octanol–water partition coefficient (Wildman–Crippen LogP) is 19.2. The average Bonchev–Trinajstić information content (AvgIpc) is 1.48. The van der Waals surface area contributed by atoms with Crippen LogP contribution >= 0.6 is 81.1 Å². The second kappa shape index (κ2) is 36.8. The van der Waals surface area contributed by atoms with Gasteiger partial charge in [-0.3, -0.25) is 43.3 Å². The van der Waals surface area contributed by atoms with Crippen molar-refractivity contribution in [1.29, 1.82) is 0 Å². The minimum Gasteiger partial charge on any atom is -0.393 e. The summed E-state index contributed by atoms with van der Waals surface area (Å²) in [6.45, 7) is 29.6. The van der Waals surface area contributed by atoms with Gasteiger partial charge in [-0.15, -0.1) is 45.8 Å². The second-order valence-corrected chi connectivity index (χ2v) is 54.7. The van der Waals surface area contributed by atoms with Crippen molar-refractivity contribution in [2.24, 2.45) is 120 Å². The molecule has 4 aromatic heterocycles. The summed E-state index contributed by atoms with van der Waals surface area (Å²) < 4.78 is 3.66. The van der Waals surface area contributed by atoms with Crippen molar-refractivity contribution in [3.8, 4) is 0 Å². The summed E-state index contributed by atoms with van der Waals surface area (Å²) >= 11 is 10.4. The van der Waals surface area contributed by atoms with Crippen LogP contribution in [0.5, 0.6) is 0 Å². The molecule has 12 fully saturated rings. The van der Waals surface area contributed by atoms with E-state index in [0.717, 1.165) is 140 Å². The number of Topliss-reactive ketones (excluding diaryl/α,β-unsaturated/α-hetero) is 4. The number of thioether (sulfide) groups is 4. The molecule has 0 saturated heterocycles. The molecule has 27 heteroatoms. The molecule has 0 amide bonds. The number of pyridine rings is 1. The van der Waals surface area contributed by atoms with Gasteiger partial charge in [-0.2, -0.15) is 0 Å². The number of hydrogen-bond acceptors (Lipinski definition) is 27. The van der Waals surface area contributed by atoms with Crippen LogP contribution in [-0.4, -0.2) is 177 Å². The van der Waals surface area contributed by atoms with Gasteiger partial charge in [-0.05, 0) is 297 Å². The van der Waals surface area contributed by atoms with E-state index in [2.05, 4.69) is 75.7 Å². The van der Waals surface area contributed by atoms with Crippen molar-refractivity contribution in [1.82, 2.24) is 19.9 Å².